The van der Waals surface area contributed by atoms with E-state index < -0.39 is 36.8 Å². The second-order valence-electron chi connectivity index (χ2n) is 5.81. The number of ether oxygens (including phenoxy) is 1. The molecule has 0 bridgehead atoms. The molecule has 0 radical (unpaired) electrons. The number of hydrogen-bond donors (Lipinski definition) is 2. The SMILES string of the molecule is Cc1ccc(C(=O)NCC(=O)OCC(=O)Nc2cc(Cl)ccc2F)cc1C. The maximum Gasteiger partial charge on any atom is 0.325 e. The van der Waals surface area contributed by atoms with Gasteiger partial charge in [-0.15, -0.1) is 0 Å². The van der Waals surface area contributed by atoms with Crippen molar-refractivity contribution in [2.45, 2.75) is 13.8 Å². The van der Waals surface area contributed by atoms with Crippen LogP contribution in [0.15, 0.2) is 36.4 Å². The van der Waals surface area contributed by atoms with E-state index in [0.29, 0.717) is 5.56 Å². The first kappa shape index (κ1) is 20.4. The third-order valence-electron chi connectivity index (χ3n) is 3.73. The van der Waals surface area contributed by atoms with Crippen LogP contribution >= 0.6 is 11.6 Å². The minimum Gasteiger partial charge on any atom is -0.454 e. The lowest BCUT2D eigenvalue weighted by Gasteiger charge is -2.09. The van der Waals surface area contributed by atoms with Crippen molar-refractivity contribution in [3.63, 3.8) is 0 Å². The zero-order valence-corrected chi connectivity index (χ0v) is 15.5. The van der Waals surface area contributed by atoms with Crippen molar-refractivity contribution in [1.82, 2.24) is 5.32 Å². The Hall–Kier alpha value is -2.93. The van der Waals surface area contributed by atoms with Gasteiger partial charge in [0, 0.05) is 10.6 Å². The number of anilines is 1. The lowest BCUT2D eigenvalue weighted by molar-refractivity contribution is -0.146. The van der Waals surface area contributed by atoms with Gasteiger partial charge in [0.1, 0.15) is 12.4 Å². The number of hydrogen-bond acceptors (Lipinski definition) is 4. The number of aryl methyl sites for hydroxylation is 2. The van der Waals surface area contributed by atoms with E-state index in [-0.39, 0.29) is 10.7 Å². The van der Waals surface area contributed by atoms with E-state index in [9.17, 15) is 18.8 Å². The van der Waals surface area contributed by atoms with Gasteiger partial charge in [-0.05, 0) is 55.3 Å². The summed E-state index contributed by atoms with van der Waals surface area (Å²) in [6.07, 6.45) is 0. The number of carbonyl (C=O) groups excluding carboxylic acids is 3. The van der Waals surface area contributed by atoms with Gasteiger partial charge in [0.15, 0.2) is 6.61 Å². The molecule has 2 amide bonds. The molecule has 0 spiro atoms. The van der Waals surface area contributed by atoms with Gasteiger partial charge in [-0.2, -0.15) is 0 Å². The van der Waals surface area contributed by atoms with Crippen LogP contribution in [0.5, 0.6) is 0 Å². The number of amides is 2. The maximum atomic E-state index is 13.5. The molecule has 0 aliphatic rings. The highest BCUT2D eigenvalue weighted by molar-refractivity contribution is 6.30. The molecule has 0 fully saturated rings. The van der Waals surface area contributed by atoms with Crippen LogP contribution < -0.4 is 10.6 Å². The van der Waals surface area contributed by atoms with Crippen LogP contribution in [-0.2, 0) is 14.3 Å². The van der Waals surface area contributed by atoms with Crippen molar-refractivity contribution in [2.75, 3.05) is 18.5 Å². The number of benzene rings is 2. The van der Waals surface area contributed by atoms with Gasteiger partial charge in [0.05, 0.1) is 5.69 Å². The van der Waals surface area contributed by atoms with Crippen LogP contribution in [0, 0.1) is 19.7 Å². The second-order valence-corrected chi connectivity index (χ2v) is 6.25. The van der Waals surface area contributed by atoms with E-state index >= 15 is 0 Å². The minimum atomic E-state index is -0.797. The molecule has 2 N–H and O–H groups in total. The summed E-state index contributed by atoms with van der Waals surface area (Å²) < 4.78 is 18.3. The molecule has 27 heavy (non-hydrogen) atoms. The average Bonchev–Trinajstić information content (AvgIpc) is 2.63. The quantitative estimate of drug-likeness (QED) is 0.740. The maximum absolute atomic E-state index is 13.5. The molecule has 0 heterocycles. The highest BCUT2D eigenvalue weighted by Crippen LogP contribution is 2.19. The molecule has 8 heteroatoms. The standard InChI is InChI=1S/C19H18ClFN2O4/c1-11-3-4-13(7-12(11)2)19(26)22-9-18(25)27-10-17(24)23-16-8-14(20)5-6-15(16)21/h3-8H,9-10H2,1-2H3,(H,22,26)(H,23,24). The van der Waals surface area contributed by atoms with Crippen molar-refractivity contribution >= 4 is 35.1 Å². The molecule has 0 saturated heterocycles. The van der Waals surface area contributed by atoms with E-state index in [1.807, 2.05) is 19.9 Å². The molecule has 2 aromatic carbocycles. The van der Waals surface area contributed by atoms with Crippen LogP contribution in [0.3, 0.4) is 0 Å². The van der Waals surface area contributed by atoms with Crippen molar-refractivity contribution in [3.05, 3.63) is 63.9 Å². The third-order valence-corrected chi connectivity index (χ3v) is 3.96. The van der Waals surface area contributed by atoms with Crippen LogP contribution in [0.4, 0.5) is 10.1 Å². The largest absolute Gasteiger partial charge is 0.454 e. The molecule has 142 valence electrons. The van der Waals surface area contributed by atoms with Crippen LogP contribution in [-0.4, -0.2) is 30.9 Å². The Morgan fingerprint density at radius 2 is 1.81 bits per heavy atom. The minimum absolute atomic E-state index is 0.119. The Bertz CT molecular complexity index is 886. The van der Waals surface area contributed by atoms with Crippen molar-refractivity contribution in [2.24, 2.45) is 0 Å². The summed E-state index contributed by atoms with van der Waals surface area (Å²) in [6.45, 7) is 2.78. The van der Waals surface area contributed by atoms with Gasteiger partial charge in [0.2, 0.25) is 0 Å². The third kappa shape index (κ3) is 6.07. The Labute approximate surface area is 160 Å². The average molecular weight is 393 g/mol. The van der Waals surface area contributed by atoms with Gasteiger partial charge in [-0.25, -0.2) is 4.39 Å². The zero-order valence-electron chi connectivity index (χ0n) is 14.8. The first-order valence-corrected chi connectivity index (χ1v) is 8.40. The fourth-order valence-electron chi connectivity index (χ4n) is 2.11. The first-order valence-electron chi connectivity index (χ1n) is 8.02. The molecule has 2 aromatic rings. The second kappa shape index (κ2) is 9.14. The van der Waals surface area contributed by atoms with E-state index in [1.54, 1.807) is 12.1 Å². The van der Waals surface area contributed by atoms with E-state index in [4.69, 9.17) is 16.3 Å². The number of carbonyl (C=O) groups is 3. The lowest BCUT2D eigenvalue weighted by Crippen LogP contribution is -2.32. The van der Waals surface area contributed by atoms with Crippen LogP contribution in [0.1, 0.15) is 21.5 Å². The zero-order chi connectivity index (χ0) is 20.0. The van der Waals surface area contributed by atoms with E-state index in [1.165, 1.54) is 12.1 Å². The molecule has 6 nitrogen and oxygen atoms in total. The summed E-state index contributed by atoms with van der Waals surface area (Å²) >= 11 is 5.72. The molecule has 0 atom stereocenters. The molecule has 0 aliphatic carbocycles. The molecular formula is C19H18ClFN2O4. The summed E-state index contributed by atoms with van der Waals surface area (Å²) in [6, 6.07) is 8.85. The highest BCUT2D eigenvalue weighted by atomic mass is 35.5. The normalized spacial score (nSPS) is 10.2. The summed E-state index contributed by atoms with van der Waals surface area (Å²) in [7, 11) is 0. The van der Waals surface area contributed by atoms with Gasteiger partial charge in [-0.3, -0.25) is 14.4 Å². The van der Waals surface area contributed by atoms with Crippen LogP contribution in [0.2, 0.25) is 5.02 Å². The molecule has 0 unspecified atom stereocenters. The number of nitrogens with one attached hydrogen (secondary N) is 2. The van der Waals surface area contributed by atoms with Crippen molar-refractivity contribution in [3.8, 4) is 0 Å². The monoisotopic (exact) mass is 392 g/mol. The Balaban J connectivity index is 1.78. The van der Waals surface area contributed by atoms with Crippen LogP contribution in [0.25, 0.3) is 0 Å². The fraction of sp³-hybridized carbons (Fsp3) is 0.211. The molecular weight excluding hydrogens is 375 g/mol. The lowest BCUT2D eigenvalue weighted by atomic mass is 10.1. The predicted molar refractivity (Wildman–Crippen MR) is 99.2 cm³/mol. The van der Waals surface area contributed by atoms with E-state index in [0.717, 1.165) is 17.2 Å². The first-order chi connectivity index (χ1) is 12.8. The molecule has 2 rings (SSSR count). The van der Waals surface area contributed by atoms with Gasteiger partial charge < -0.3 is 15.4 Å². The fourth-order valence-corrected chi connectivity index (χ4v) is 2.29. The van der Waals surface area contributed by atoms with Gasteiger partial charge >= 0.3 is 5.97 Å². The molecule has 0 aromatic heterocycles. The number of rotatable bonds is 6. The summed E-state index contributed by atoms with van der Waals surface area (Å²) in [5.74, 6) is -2.63. The Kier molecular flexibility index (Phi) is 6.90. The molecule has 0 aliphatic heterocycles. The summed E-state index contributed by atoms with van der Waals surface area (Å²) in [4.78, 5) is 35.4. The topological polar surface area (TPSA) is 84.5 Å². The Morgan fingerprint density at radius 3 is 2.52 bits per heavy atom. The van der Waals surface area contributed by atoms with Gasteiger partial charge in [-0.1, -0.05) is 17.7 Å². The van der Waals surface area contributed by atoms with Crippen molar-refractivity contribution < 1.29 is 23.5 Å². The summed E-state index contributed by atoms with van der Waals surface area (Å²) in [5, 5.41) is 4.91. The Morgan fingerprint density at radius 1 is 1.07 bits per heavy atom. The number of esters is 1. The van der Waals surface area contributed by atoms with Gasteiger partial charge in [0.25, 0.3) is 11.8 Å². The van der Waals surface area contributed by atoms with E-state index in [2.05, 4.69) is 10.6 Å². The highest BCUT2D eigenvalue weighted by Gasteiger charge is 2.13. The van der Waals surface area contributed by atoms with Crippen molar-refractivity contribution in [1.29, 1.82) is 0 Å². The molecule has 0 saturated carbocycles. The predicted octanol–water partition coefficient (Wildman–Crippen LogP) is 3.01. The smallest absolute Gasteiger partial charge is 0.325 e. The number of halogens is 2. The summed E-state index contributed by atoms with van der Waals surface area (Å²) in [5.41, 5.74) is 2.30.